The van der Waals surface area contributed by atoms with Crippen LogP contribution in [0, 0.1) is 11.3 Å². The van der Waals surface area contributed by atoms with Gasteiger partial charge in [0.15, 0.2) is 0 Å². The van der Waals surface area contributed by atoms with Gasteiger partial charge in [-0.05, 0) is 44.6 Å². The maximum atomic E-state index is 5.72. The molecule has 0 aromatic rings. The van der Waals surface area contributed by atoms with E-state index in [-0.39, 0.29) is 0 Å². The Balaban J connectivity index is 2.42. The van der Waals surface area contributed by atoms with Gasteiger partial charge in [0.2, 0.25) is 0 Å². The third-order valence-corrected chi connectivity index (χ3v) is 3.66. The van der Waals surface area contributed by atoms with E-state index in [1.165, 1.54) is 25.7 Å². The lowest BCUT2D eigenvalue weighted by atomic mass is 9.84. The van der Waals surface area contributed by atoms with Gasteiger partial charge in [-0.25, -0.2) is 0 Å². The third-order valence-electron chi connectivity index (χ3n) is 3.66. The van der Waals surface area contributed by atoms with Crippen LogP contribution in [-0.4, -0.2) is 25.3 Å². The van der Waals surface area contributed by atoms with E-state index in [2.05, 4.69) is 39.9 Å². The van der Waals surface area contributed by atoms with Crippen LogP contribution in [0.3, 0.4) is 0 Å². The fraction of sp³-hybridized carbons (Fsp3) is 1.00. The van der Waals surface area contributed by atoms with Crippen LogP contribution in [0.2, 0.25) is 0 Å². The van der Waals surface area contributed by atoms with E-state index in [1.54, 1.807) is 0 Å². The molecule has 1 N–H and O–H groups in total. The van der Waals surface area contributed by atoms with Crippen LogP contribution < -0.4 is 5.32 Å². The summed E-state index contributed by atoms with van der Waals surface area (Å²) in [6.45, 7) is 13.5. The van der Waals surface area contributed by atoms with Crippen molar-refractivity contribution in [2.24, 2.45) is 11.3 Å². The summed E-state index contributed by atoms with van der Waals surface area (Å²) in [5.41, 5.74) is 0.442. The van der Waals surface area contributed by atoms with Crippen molar-refractivity contribution in [1.29, 1.82) is 0 Å². The molecule has 2 heteroatoms. The minimum absolute atomic E-state index is 0.442. The minimum Gasteiger partial charge on any atom is -0.378 e. The van der Waals surface area contributed by atoms with Crippen molar-refractivity contribution in [3.8, 4) is 0 Å². The molecule has 3 unspecified atom stereocenters. The molecule has 1 aliphatic heterocycles. The van der Waals surface area contributed by atoms with E-state index in [0.29, 0.717) is 17.6 Å². The van der Waals surface area contributed by atoms with Crippen LogP contribution >= 0.6 is 0 Å². The normalized spacial score (nSPS) is 27.4. The highest BCUT2D eigenvalue weighted by Gasteiger charge is 2.29. The van der Waals surface area contributed by atoms with Crippen molar-refractivity contribution in [1.82, 2.24) is 5.32 Å². The van der Waals surface area contributed by atoms with E-state index in [1.807, 2.05) is 0 Å². The first kappa shape index (κ1) is 15.0. The van der Waals surface area contributed by atoms with Gasteiger partial charge in [0.25, 0.3) is 0 Å². The Bertz CT molecular complexity index is 209. The Kier molecular flexibility index (Phi) is 5.94. The molecule has 1 fully saturated rings. The molecule has 0 aromatic carbocycles. The van der Waals surface area contributed by atoms with Crippen molar-refractivity contribution in [2.45, 2.75) is 72.4 Å². The number of ether oxygens (including phenoxy) is 1. The minimum atomic E-state index is 0.442. The second-order valence-corrected chi connectivity index (χ2v) is 6.80. The molecule has 3 atom stereocenters. The first-order valence-electron chi connectivity index (χ1n) is 7.27. The van der Waals surface area contributed by atoms with Gasteiger partial charge >= 0.3 is 0 Å². The molecule has 102 valence electrons. The lowest BCUT2D eigenvalue weighted by Crippen LogP contribution is -2.38. The lowest BCUT2D eigenvalue weighted by Gasteiger charge is -2.27. The van der Waals surface area contributed by atoms with Crippen LogP contribution in [0.25, 0.3) is 0 Å². The zero-order valence-corrected chi connectivity index (χ0v) is 12.4. The molecule has 1 heterocycles. The highest BCUT2D eigenvalue weighted by atomic mass is 16.5. The third kappa shape index (κ3) is 5.87. The second-order valence-electron chi connectivity index (χ2n) is 6.80. The Hall–Kier alpha value is -0.0800. The van der Waals surface area contributed by atoms with E-state index < -0.39 is 0 Å². The van der Waals surface area contributed by atoms with Crippen molar-refractivity contribution in [3.63, 3.8) is 0 Å². The maximum absolute atomic E-state index is 5.72. The first-order chi connectivity index (χ1) is 7.92. The smallest absolute Gasteiger partial charge is 0.0551 e. The number of nitrogens with one attached hydrogen (secondary N) is 1. The van der Waals surface area contributed by atoms with E-state index >= 15 is 0 Å². The Morgan fingerprint density at radius 2 is 2.06 bits per heavy atom. The van der Waals surface area contributed by atoms with Crippen LogP contribution in [0.1, 0.15) is 60.3 Å². The molecule has 0 aliphatic carbocycles. The number of hydrogen-bond acceptors (Lipinski definition) is 2. The van der Waals surface area contributed by atoms with Crippen LogP contribution in [0.15, 0.2) is 0 Å². The van der Waals surface area contributed by atoms with Crippen molar-refractivity contribution in [3.05, 3.63) is 0 Å². The average molecular weight is 241 g/mol. The summed E-state index contributed by atoms with van der Waals surface area (Å²) in [5.74, 6) is 0.721. The molecule has 1 rings (SSSR count). The fourth-order valence-corrected chi connectivity index (χ4v) is 2.55. The summed E-state index contributed by atoms with van der Waals surface area (Å²) in [6, 6.07) is 0.652. The summed E-state index contributed by atoms with van der Waals surface area (Å²) < 4.78 is 5.72. The summed E-state index contributed by atoms with van der Waals surface area (Å²) in [4.78, 5) is 0. The Labute approximate surface area is 108 Å². The van der Waals surface area contributed by atoms with Crippen LogP contribution in [0.4, 0.5) is 0 Å². The largest absolute Gasteiger partial charge is 0.378 e. The van der Waals surface area contributed by atoms with E-state index in [0.717, 1.165) is 19.1 Å². The van der Waals surface area contributed by atoms with E-state index in [4.69, 9.17) is 4.74 Å². The standard InChI is InChI=1S/C15H31NO/c1-6-9-16-14(7-8-15(3,4)5)13-10-12(2)17-11-13/h12-14,16H,6-11H2,1-5H3. The molecular weight excluding hydrogens is 210 g/mol. The summed E-state index contributed by atoms with van der Waals surface area (Å²) in [6.07, 6.45) is 5.48. The van der Waals surface area contributed by atoms with Crippen molar-refractivity contribution >= 4 is 0 Å². The van der Waals surface area contributed by atoms with Gasteiger partial charge in [-0.1, -0.05) is 27.7 Å². The van der Waals surface area contributed by atoms with Gasteiger partial charge in [-0.3, -0.25) is 0 Å². The van der Waals surface area contributed by atoms with Gasteiger partial charge in [-0.2, -0.15) is 0 Å². The average Bonchev–Trinajstić information content (AvgIpc) is 2.63. The van der Waals surface area contributed by atoms with Crippen LogP contribution in [-0.2, 0) is 4.74 Å². The molecule has 0 radical (unpaired) electrons. The molecule has 1 aliphatic rings. The predicted molar refractivity (Wildman–Crippen MR) is 74.3 cm³/mol. The van der Waals surface area contributed by atoms with E-state index in [9.17, 15) is 0 Å². The predicted octanol–water partition coefficient (Wildman–Crippen LogP) is 3.61. The molecular formula is C15H31NO. The number of rotatable bonds is 6. The van der Waals surface area contributed by atoms with Gasteiger partial charge < -0.3 is 10.1 Å². The number of hydrogen-bond donors (Lipinski definition) is 1. The van der Waals surface area contributed by atoms with Crippen molar-refractivity contribution in [2.75, 3.05) is 13.2 Å². The second kappa shape index (κ2) is 6.75. The Morgan fingerprint density at radius 1 is 1.35 bits per heavy atom. The molecule has 1 saturated heterocycles. The van der Waals surface area contributed by atoms with Gasteiger partial charge in [0.1, 0.15) is 0 Å². The SMILES string of the molecule is CCCNC(CCC(C)(C)C)C1COC(C)C1. The maximum Gasteiger partial charge on any atom is 0.0551 e. The molecule has 0 amide bonds. The first-order valence-corrected chi connectivity index (χ1v) is 7.27. The molecule has 0 aromatic heterocycles. The fourth-order valence-electron chi connectivity index (χ4n) is 2.55. The lowest BCUT2D eigenvalue weighted by molar-refractivity contribution is 0.115. The molecule has 0 saturated carbocycles. The monoisotopic (exact) mass is 241 g/mol. The topological polar surface area (TPSA) is 21.3 Å². The zero-order valence-electron chi connectivity index (χ0n) is 12.4. The highest BCUT2D eigenvalue weighted by Crippen LogP contribution is 2.28. The summed E-state index contributed by atoms with van der Waals surface area (Å²) in [7, 11) is 0. The molecule has 2 nitrogen and oxygen atoms in total. The summed E-state index contributed by atoms with van der Waals surface area (Å²) >= 11 is 0. The Morgan fingerprint density at radius 3 is 2.53 bits per heavy atom. The quantitative estimate of drug-likeness (QED) is 0.767. The highest BCUT2D eigenvalue weighted by molar-refractivity contribution is 4.83. The zero-order chi connectivity index (χ0) is 12.9. The summed E-state index contributed by atoms with van der Waals surface area (Å²) in [5, 5.41) is 3.72. The molecule has 0 bridgehead atoms. The van der Waals surface area contributed by atoms with Gasteiger partial charge in [-0.15, -0.1) is 0 Å². The van der Waals surface area contributed by atoms with Crippen LogP contribution in [0.5, 0.6) is 0 Å². The molecule has 0 spiro atoms. The van der Waals surface area contributed by atoms with Crippen molar-refractivity contribution < 1.29 is 4.74 Å². The van der Waals surface area contributed by atoms with Gasteiger partial charge in [0, 0.05) is 12.0 Å². The van der Waals surface area contributed by atoms with Gasteiger partial charge in [0.05, 0.1) is 12.7 Å². The molecule has 17 heavy (non-hydrogen) atoms.